The number of carbonyl (C=O) groups excluding carboxylic acids is 2. The molecule has 3 rings (SSSR count). The molecular weight excluding hydrogens is 306 g/mol. The van der Waals surface area contributed by atoms with E-state index >= 15 is 0 Å². The highest BCUT2D eigenvalue weighted by Crippen LogP contribution is 2.30. The Bertz CT molecular complexity index is 484. The Morgan fingerprint density at radius 1 is 1.08 bits per heavy atom. The van der Waals surface area contributed by atoms with E-state index in [2.05, 4.69) is 10.2 Å². The third-order valence-corrected chi connectivity index (χ3v) is 5.40. The quantitative estimate of drug-likeness (QED) is 0.838. The fourth-order valence-corrected chi connectivity index (χ4v) is 4.11. The van der Waals surface area contributed by atoms with Crippen LogP contribution >= 0.6 is 0 Å². The van der Waals surface area contributed by atoms with Crippen LogP contribution in [0.5, 0.6) is 0 Å². The topological polar surface area (TPSA) is 61.9 Å². The lowest BCUT2D eigenvalue weighted by Crippen LogP contribution is -2.57. The lowest BCUT2D eigenvalue weighted by molar-refractivity contribution is -0.136. The molecule has 2 amide bonds. The minimum atomic E-state index is -0.554. The summed E-state index contributed by atoms with van der Waals surface area (Å²) in [6.07, 6.45) is 5.82. The molecule has 136 valence electrons. The SMILES string of the molecule is CC(C)(C)OC(=O)N[C@H]1C[C@H](N2CCC2)CC[C@H]2CCCN2C1=O. The lowest BCUT2D eigenvalue weighted by atomic mass is 9.92. The van der Waals surface area contributed by atoms with Gasteiger partial charge in [-0.15, -0.1) is 0 Å². The first kappa shape index (κ1) is 17.5. The molecular formula is C18H31N3O3. The number of carbonyl (C=O) groups is 2. The highest BCUT2D eigenvalue weighted by molar-refractivity contribution is 5.86. The number of rotatable bonds is 2. The van der Waals surface area contributed by atoms with E-state index in [1.807, 2.05) is 25.7 Å². The Balaban J connectivity index is 1.71. The number of amides is 2. The summed E-state index contributed by atoms with van der Waals surface area (Å²) in [6, 6.07) is 0.279. The van der Waals surface area contributed by atoms with E-state index in [-0.39, 0.29) is 5.91 Å². The maximum absolute atomic E-state index is 13.0. The van der Waals surface area contributed by atoms with Gasteiger partial charge >= 0.3 is 6.09 Å². The van der Waals surface area contributed by atoms with Gasteiger partial charge in [0.2, 0.25) is 5.91 Å². The molecule has 0 radical (unpaired) electrons. The first-order valence-electron chi connectivity index (χ1n) is 9.37. The summed E-state index contributed by atoms with van der Waals surface area (Å²) in [6.45, 7) is 8.58. The number of hydrogen-bond acceptors (Lipinski definition) is 4. The van der Waals surface area contributed by atoms with Crippen LogP contribution in [0.25, 0.3) is 0 Å². The summed E-state index contributed by atoms with van der Waals surface area (Å²) in [4.78, 5) is 29.7. The number of fused-ring (bicyclic) bond motifs is 1. The van der Waals surface area contributed by atoms with Crippen LogP contribution < -0.4 is 5.32 Å². The third-order valence-electron chi connectivity index (χ3n) is 5.40. The van der Waals surface area contributed by atoms with Gasteiger partial charge in [0.15, 0.2) is 0 Å². The van der Waals surface area contributed by atoms with Gasteiger partial charge in [0.05, 0.1) is 0 Å². The fraction of sp³-hybridized carbons (Fsp3) is 0.889. The zero-order valence-electron chi connectivity index (χ0n) is 15.2. The summed E-state index contributed by atoms with van der Waals surface area (Å²) >= 11 is 0. The van der Waals surface area contributed by atoms with Crippen LogP contribution in [0.1, 0.15) is 59.3 Å². The van der Waals surface area contributed by atoms with Crippen molar-refractivity contribution in [1.82, 2.24) is 15.1 Å². The van der Waals surface area contributed by atoms with Gasteiger partial charge < -0.3 is 19.9 Å². The van der Waals surface area contributed by atoms with Crippen LogP contribution in [0.15, 0.2) is 0 Å². The molecule has 6 heteroatoms. The molecule has 3 fully saturated rings. The maximum Gasteiger partial charge on any atom is 0.408 e. The Kier molecular flexibility index (Phi) is 5.04. The molecule has 0 saturated carbocycles. The largest absolute Gasteiger partial charge is 0.444 e. The van der Waals surface area contributed by atoms with Gasteiger partial charge in [0, 0.05) is 18.6 Å². The van der Waals surface area contributed by atoms with Crippen molar-refractivity contribution in [3.8, 4) is 0 Å². The molecule has 0 aromatic rings. The van der Waals surface area contributed by atoms with E-state index in [0.717, 1.165) is 45.3 Å². The van der Waals surface area contributed by atoms with Gasteiger partial charge in [0.1, 0.15) is 11.6 Å². The van der Waals surface area contributed by atoms with Crippen molar-refractivity contribution in [2.24, 2.45) is 0 Å². The predicted molar refractivity (Wildman–Crippen MR) is 91.7 cm³/mol. The average Bonchev–Trinajstić information content (AvgIpc) is 2.85. The number of hydrogen-bond donors (Lipinski definition) is 1. The molecule has 24 heavy (non-hydrogen) atoms. The summed E-state index contributed by atoms with van der Waals surface area (Å²) in [5.74, 6) is 0.0774. The van der Waals surface area contributed by atoms with E-state index in [0.29, 0.717) is 18.5 Å². The fourth-order valence-electron chi connectivity index (χ4n) is 4.11. The molecule has 0 aromatic heterocycles. The smallest absolute Gasteiger partial charge is 0.408 e. The van der Waals surface area contributed by atoms with Gasteiger partial charge in [-0.05, 0) is 72.4 Å². The highest BCUT2D eigenvalue weighted by Gasteiger charge is 2.40. The van der Waals surface area contributed by atoms with Crippen LogP contribution in [0, 0.1) is 0 Å². The molecule has 3 atom stereocenters. The van der Waals surface area contributed by atoms with Crippen LogP contribution in [0.2, 0.25) is 0 Å². The third kappa shape index (κ3) is 4.02. The van der Waals surface area contributed by atoms with Crippen LogP contribution in [-0.2, 0) is 9.53 Å². The highest BCUT2D eigenvalue weighted by atomic mass is 16.6. The van der Waals surface area contributed by atoms with Crippen molar-refractivity contribution in [3.63, 3.8) is 0 Å². The first-order chi connectivity index (χ1) is 11.3. The lowest BCUT2D eigenvalue weighted by Gasteiger charge is -2.43. The first-order valence-corrected chi connectivity index (χ1v) is 9.37. The van der Waals surface area contributed by atoms with Crippen molar-refractivity contribution in [3.05, 3.63) is 0 Å². The van der Waals surface area contributed by atoms with Gasteiger partial charge in [0.25, 0.3) is 0 Å². The van der Waals surface area contributed by atoms with E-state index < -0.39 is 17.7 Å². The Hall–Kier alpha value is -1.30. The maximum atomic E-state index is 13.0. The zero-order chi connectivity index (χ0) is 17.3. The zero-order valence-corrected chi connectivity index (χ0v) is 15.2. The monoisotopic (exact) mass is 337 g/mol. The van der Waals surface area contributed by atoms with E-state index in [1.165, 1.54) is 6.42 Å². The summed E-state index contributed by atoms with van der Waals surface area (Å²) in [5, 5.41) is 2.86. The van der Waals surface area contributed by atoms with Gasteiger partial charge in [-0.25, -0.2) is 4.79 Å². The number of ether oxygens (including phenoxy) is 1. The molecule has 3 saturated heterocycles. The van der Waals surface area contributed by atoms with Crippen molar-refractivity contribution >= 4 is 12.0 Å². The molecule has 1 N–H and O–H groups in total. The minimum Gasteiger partial charge on any atom is -0.444 e. The van der Waals surface area contributed by atoms with Crippen molar-refractivity contribution in [2.75, 3.05) is 19.6 Å². The van der Waals surface area contributed by atoms with Crippen molar-refractivity contribution in [1.29, 1.82) is 0 Å². The van der Waals surface area contributed by atoms with E-state index in [1.54, 1.807) is 0 Å². The molecule has 0 unspecified atom stereocenters. The van der Waals surface area contributed by atoms with Crippen molar-refractivity contribution in [2.45, 2.75) is 83.0 Å². The second kappa shape index (κ2) is 6.90. The van der Waals surface area contributed by atoms with Crippen LogP contribution in [0.4, 0.5) is 4.79 Å². The summed E-state index contributed by atoms with van der Waals surface area (Å²) in [5.41, 5.74) is -0.554. The Morgan fingerprint density at radius 3 is 2.42 bits per heavy atom. The second-order valence-electron chi connectivity index (χ2n) is 8.38. The molecule has 0 aromatic carbocycles. The number of likely N-dealkylation sites (tertiary alicyclic amines) is 1. The predicted octanol–water partition coefficient (Wildman–Crippen LogP) is 2.13. The van der Waals surface area contributed by atoms with Gasteiger partial charge in [-0.3, -0.25) is 4.79 Å². The van der Waals surface area contributed by atoms with Crippen LogP contribution in [0.3, 0.4) is 0 Å². The molecule has 6 nitrogen and oxygen atoms in total. The molecule has 0 spiro atoms. The molecule has 0 aliphatic carbocycles. The number of nitrogens with zero attached hydrogens (tertiary/aromatic N) is 2. The summed E-state index contributed by atoms with van der Waals surface area (Å²) in [7, 11) is 0. The number of nitrogens with one attached hydrogen (secondary N) is 1. The van der Waals surface area contributed by atoms with Crippen molar-refractivity contribution < 1.29 is 14.3 Å². The van der Waals surface area contributed by atoms with E-state index in [9.17, 15) is 9.59 Å². The molecule has 0 bridgehead atoms. The molecule has 3 aliphatic rings. The van der Waals surface area contributed by atoms with Gasteiger partial charge in [-0.2, -0.15) is 0 Å². The van der Waals surface area contributed by atoms with E-state index in [4.69, 9.17) is 4.74 Å². The second-order valence-corrected chi connectivity index (χ2v) is 8.38. The minimum absolute atomic E-state index is 0.0774. The number of alkyl carbamates (subject to hydrolysis) is 1. The Labute approximate surface area is 144 Å². The molecule has 3 heterocycles. The standard InChI is InChI=1S/C18H31N3O3/c1-18(2,3)24-17(23)19-15-12-14(20-9-5-10-20)8-7-13-6-4-11-21(13)16(15)22/h13-15H,4-12H2,1-3H3,(H,19,23)/t13-,14-,15+/m1/s1. The van der Waals surface area contributed by atoms with Crippen LogP contribution in [-0.4, -0.2) is 65.2 Å². The normalized spacial score (nSPS) is 31.7. The Morgan fingerprint density at radius 2 is 1.79 bits per heavy atom. The van der Waals surface area contributed by atoms with Gasteiger partial charge in [-0.1, -0.05) is 0 Å². The average molecular weight is 337 g/mol. The molecule has 3 aliphatic heterocycles. The summed E-state index contributed by atoms with van der Waals surface area (Å²) < 4.78 is 5.37.